The van der Waals surface area contributed by atoms with Crippen molar-refractivity contribution in [1.29, 1.82) is 0 Å². The van der Waals surface area contributed by atoms with Crippen molar-refractivity contribution in [2.75, 3.05) is 26.2 Å². The van der Waals surface area contributed by atoms with Crippen molar-refractivity contribution < 1.29 is 9.84 Å². The van der Waals surface area contributed by atoms with E-state index in [1.54, 1.807) is 0 Å². The van der Waals surface area contributed by atoms with E-state index in [1.165, 1.54) is 0 Å². The van der Waals surface area contributed by atoms with Gasteiger partial charge in [0, 0.05) is 32.2 Å². The van der Waals surface area contributed by atoms with Gasteiger partial charge in [0.05, 0.1) is 12.2 Å². The first kappa shape index (κ1) is 19.2. The third-order valence-corrected chi connectivity index (χ3v) is 4.70. The highest BCUT2D eigenvalue weighted by Crippen LogP contribution is 2.35. The van der Waals surface area contributed by atoms with Crippen molar-refractivity contribution in [2.24, 2.45) is 0 Å². The van der Waals surface area contributed by atoms with E-state index in [9.17, 15) is 5.11 Å². The van der Waals surface area contributed by atoms with Gasteiger partial charge in [0.1, 0.15) is 5.75 Å². The van der Waals surface area contributed by atoms with Gasteiger partial charge in [0.25, 0.3) is 0 Å². The van der Waals surface area contributed by atoms with Crippen LogP contribution in [0.2, 0.25) is 0 Å². The lowest BCUT2D eigenvalue weighted by Crippen LogP contribution is -2.49. The summed E-state index contributed by atoms with van der Waals surface area (Å²) >= 11 is 0. The maximum atomic E-state index is 10.9. The lowest BCUT2D eigenvalue weighted by atomic mass is 9.84. The molecule has 0 amide bonds. The third-order valence-electron chi connectivity index (χ3n) is 4.70. The largest absolute Gasteiger partial charge is 0.491 e. The summed E-state index contributed by atoms with van der Waals surface area (Å²) < 4.78 is 5.98. The Kier molecular flexibility index (Phi) is 6.29. The van der Waals surface area contributed by atoms with Crippen LogP contribution in [0.5, 0.6) is 5.75 Å². The first-order valence-corrected chi connectivity index (χ1v) is 9.14. The van der Waals surface area contributed by atoms with Crippen LogP contribution in [0.25, 0.3) is 0 Å². The van der Waals surface area contributed by atoms with E-state index in [1.807, 2.05) is 26.0 Å². The van der Waals surface area contributed by atoms with E-state index in [-0.39, 0.29) is 17.6 Å². The van der Waals surface area contributed by atoms with E-state index in [0.717, 1.165) is 43.1 Å². The molecule has 2 unspecified atom stereocenters. The normalized spacial score (nSPS) is 19.3. The second kappa shape index (κ2) is 7.85. The van der Waals surface area contributed by atoms with Crippen molar-refractivity contribution >= 4 is 0 Å². The predicted octanol–water partition coefficient (Wildman–Crippen LogP) is 3.10. The van der Waals surface area contributed by atoms with Crippen molar-refractivity contribution in [3.05, 3.63) is 29.3 Å². The number of nitrogens with one attached hydrogen (secondary N) is 1. The molecule has 1 fully saturated rings. The highest BCUT2D eigenvalue weighted by Gasteiger charge is 2.27. The summed E-state index contributed by atoms with van der Waals surface area (Å²) in [6.45, 7) is 16.7. The molecule has 1 saturated heterocycles. The summed E-state index contributed by atoms with van der Waals surface area (Å²) in [7, 11) is 0. The van der Waals surface area contributed by atoms with Gasteiger partial charge < -0.3 is 15.2 Å². The summed E-state index contributed by atoms with van der Waals surface area (Å²) in [6.07, 6.45) is -0.348. The van der Waals surface area contributed by atoms with Crippen molar-refractivity contribution in [1.82, 2.24) is 10.2 Å². The van der Waals surface area contributed by atoms with Crippen LogP contribution in [0, 0.1) is 0 Å². The van der Waals surface area contributed by atoms with Crippen molar-refractivity contribution in [3.8, 4) is 5.75 Å². The van der Waals surface area contributed by atoms with Gasteiger partial charge in [0.15, 0.2) is 0 Å². The number of hydrogen-bond donors (Lipinski definition) is 2. The van der Waals surface area contributed by atoms with Gasteiger partial charge in [-0.2, -0.15) is 0 Å². The summed E-state index contributed by atoms with van der Waals surface area (Å²) in [5, 5.41) is 14.3. The van der Waals surface area contributed by atoms with E-state index < -0.39 is 6.10 Å². The van der Waals surface area contributed by atoms with E-state index in [2.05, 4.69) is 44.0 Å². The number of nitrogens with zero attached hydrogens (tertiary/aromatic N) is 1. The summed E-state index contributed by atoms with van der Waals surface area (Å²) in [6, 6.07) is 6.26. The zero-order valence-electron chi connectivity index (χ0n) is 16.1. The van der Waals surface area contributed by atoms with Gasteiger partial charge >= 0.3 is 0 Å². The maximum Gasteiger partial charge on any atom is 0.123 e. The first-order chi connectivity index (χ1) is 11.2. The lowest BCUT2D eigenvalue weighted by Gasteiger charge is -2.36. The number of ether oxygens (including phenoxy) is 1. The molecule has 24 heavy (non-hydrogen) atoms. The number of piperazine rings is 1. The molecule has 0 radical (unpaired) electrons. The molecular weight excluding hydrogens is 300 g/mol. The minimum absolute atomic E-state index is 0.0295. The van der Waals surface area contributed by atoms with Crippen LogP contribution in [0.1, 0.15) is 58.8 Å². The van der Waals surface area contributed by atoms with Crippen LogP contribution < -0.4 is 10.1 Å². The summed E-state index contributed by atoms with van der Waals surface area (Å²) in [4.78, 5) is 2.36. The Bertz CT molecular complexity index is 531. The number of aliphatic hydroxyl groups excluding tert-OH is 1. The smallest absolute Gasteiger partial charge is 0.123 e. The molecule has 0 bridgehead atoms. The molecule has 0 aromatic heterocycles. The van der Waals surface area contributed by atoms with Gasteiger partial charge in [-0.05, 0) is 49.4 Å². The standard InChI is InChI=1S/C20H34N2O2/c1-14(2)24-18-8-7-16(13-17(18)20(4,5)6)19(23)15(3)22-11-9-21-10-12-22/h7-8,13-15,19,21,23H,9-12H2,1-6H3. The maximum absolute atomic E-state index is 10.9. The second-order valence-corrected chi connectivity index (χ2v) is 8.14. The summed E-state index contributed by atoms with van der Waals surface area (Å²) in [5.41, 5.74) is 2.10. The summed E-state index contributed by atoms with van der Waals surface area (Å²) in [5.74, 6) is 0.920. The molecule has 1 aromatic rings. The lowest BCUT2D eigenvalue weighted by molar-refractivity contribution is 0.0508. The quantitative estimate of drug-likeness (QED) is 0.868. The highest BCUT2D eigenvalue weighted by atomic mass is 16.5. The fraction of sp³-hybridized carbons (Fsp3) is 0.700. The zero-order chi connectivity index (χ0) is 17.9. The SMILES string of the molecule is CC(C)Oc1ccc(C(O)C(C)N2CCNCC2)cc1C(C)(C)C. The van der Waals surface area contributed by atoms with Gasteiger partial charge in [-0.3, -0.25) is 4.90 Å². The molecule has 1 aliphatic heterocycles. The molecule has 4 heteroatoms. The van der Waals surface area contributed by atoms with Crippen LogP contribution in [0.15, 0.2) is 18.2 Å². The Morgan fingerprint density at radius 3 is 2.29 bits per heavy atom. The van der Waals surface area contributed by atoms with Crippen molar-refractivity contribution in [3.63, 3.8) is 0 Å². The van der Waals surface area contributed by atoms with Gasteiger partial charge in [-0.25, -0.2) is 0 Å². The van der Waals surface area contributed by atoms with Crippen LogP contribution in [0.3, 0.4) is 0 Å². The molecule has 1 aromatic carbocycles. The Balaban J connectivity index is 2.26. The number of rotatable bonds is 5. The molecule has 2 N–H and O–H groups in total. The van der Waals surface area contributed by atoms with Gasteiger partial charge in [-0.15, -0.1) is 0 Å². The van der Waals surface area contributed by atoms with E-state index in [4.69, 9.17) is 4.74 Å². The monoisotopic (exact) mass is 334 g/mol. The molecular formula is C20H34N2O2. The van der Waals surface area contributed by atoms with Gasteiger partial charge in [-0.1, -0.05) is 26.8 Å². The van der Waals surface area contributed by atoms with Crippen LogP contribution in [0.4, 0.5) is 0 Å². The van der Waals surface area contributed by atoms with Crippen LogP contribution in [-0.4, -0.2) is 48.3 Å². The molecule has 0 saturated carbocycles. The van der Waals surface area contributed by atoms with Crippen LogP contribution >= 0.6 is 0 Å². The zero-order valence-corrected chi connectivity index (χ0v) is 16.1. The molecule has 136 valence electrons. The minimum Gasteiger partial charge on any atom is -0.491 e. The number of aliphatic hydroxyl groups is 1. The predicted molar refractivity (Wildman–Crippen MR) is 99.8 cm³/mol. The fourth-order valence-corrected chi connectivity index (χ4v) is 3.24. The molecule has 2 rings (SSSR count). The molecule has 1 aliphatic rings. The Labute approximate surface area is 147 Å². The number of benzene rings is 1. The second-order valence-electron chi connectivity index (χ2n) is 8.14. The molecule has 1 heterocycles. The Morgan fingerprint density at radius 2 is 1.75 bits per heavy atom. The fourth-order valence-electron chi connectivity index (χ4n) is 3.24. The average Bonchev–Trinajstić information content (AvgIpc) is 2.53. The molecule has 0 aliphatic carbocycles. The number of hydrogen-bond acceptors (Lipinski definition) is 4. The minimum atomic E-state index is -0.489. The molecule has 0 spiro atoms. The van der Waals surface area contributed by atoms with Crippen LogP contribution in [-0.2, 0) is 5.41 Å². The molecule has 2 atom stereocenters. The Morgan fingerprint density at radius 1 is 1.12 bits per heavy atom. The van der Waals surface area contributed by atoms with Crippen molar-refractivity contribution in [2.45, 2.75) is 65.2 Å². The van der Waals surface area contributed by atoms with E-state index in [0.29, 0.717) is 0 Å². The molecule has 4 nitrogen and oxygen atoms in total. The highest BCUT2D eigenvalue weighted by molar-refractivity contribution is 5.42. The topological polar surface area (TPSA) is 44.7 Å². The third kappa shape index (κ3) is 4.71. The van der Waals surface area contributed by atoms with Gasteiger partial charge in [0.2, 0.25) is 0 Å². The average molecular weight is 335 g/mol. The van der Waals surface area contributed by atoms with E-state index >= 15 is 0 Å². The Hall–Kier alpha value is -1.10. The first-order valence-electron chi connectivity index (χ1n) is 9.14.